The Morgan fingerprint density at radius 1 is 0.941 bits per heavy atom. The second-order valence-electron chi connectivity index (χ2n) is 15.4. The molecule has 3 aliphatic carbocycles. The van der Waals surface area contributed by atoms with Gasteiger partial charge in [-0.3, -0.25) is 9.59 Å². The largest absolute Gasteiger partial charge is 0.455 e. The van der Waals surface area contributed by atoms with Gasteiger partial charge in [0.15, 0.2) is 36.0 Å². The maximum Gasteiger partial charge on any atom is 0.338 e. The van der Waals surface area contributed by atoms with Gasteiger partial charge in [-0.25, -0.2) is 4.79 Å². The molecule has 1 aromatic rings. The molecule has 16 heteroatoms. The van der Waals surface area contributed by atoms with Gasteiger partial charge in [-0.05, 0) is 50.3 Å². The van der Waals surface area contributed by atoms with Crippen LogP contribution in [-0.2, 0) is 33.3 Å². The third-order valence-electron chi connectivity index (χ3n) is 12.7. The third-order valence-corrected chi connectivity index (χ3v) is 12.7. The monoisotopic (exact) mass is 722 g/mol. The molecule has 1 aromatic carbocycles. The highest BCUT2D eigenvalue weighted by atomic mass is 16.8. The molecule has 16 atom stereocenters. The fourth-order valence-electron chi connectivity index (χ4n) is 10.2. The first kappa shape index (κ1) is 36.4. The van der Waals surface area contributed by atoms with Crippen molar-refractivity contribution in [3.63, 3.8) is 0 Å². The Labute approximate surface area is 293 Å². The SMILES string of the molecule is CC(=O)OC1C(OC(=O)c2ccc3c(c2)OCO3)C2C3(C)C(=O)C(O)CCC3CC3OC(OC4OC(CO)C(O)C(O)C4O)CC(C1(C)O)C32C. The number of aliphatic hydroxyl groups excluding tert-OH is 5. The summed E-state index contributed by atoms with van der Waals surface area (Å²) in [6, 6.07) is 4.48. The van der Waals surface area contributed by atoms with E-state index in [1.165, 1.54) is 19.1 Å². The number of hydrogen-bond acceptors (Lipinski definition) is 16. The molecule has 5 fully saturated rings. The standard InChI is InChI=1S/C35H46O16/c1-14(37)47-30-27(51-31(43)15-5-8-18-19(9-15)46-13-45-18)28-33(2)16(6-7-17(38)29(33)42)10-22-34(28,3)21(35(30,4)44)11-23(49-22)50-32-26(41)25(40)24(39)20(12-36)48-32/h5,8-9,16-17,20-28,30,32,36,38-41,44H,6-7,10-13H2,1-4H3. The Morgan fingerprint density at radius 3 is 2.37 bits per heavy atom. The van der Waals surface area contributed by atoms with Gasteiger partial charge in [0.25, 0.3) is 0 Å². The number of esters is 2. The van der Waals surface area contributed by atoms with Crippen LogP contribution in [0.4, 0.5) is 0 Å². The molecule has 51 heavy (non-hydrogen) atoms. The zero-order valence-corrected chi connectivity index (χ0v) is 28.7. The Kier molecular flexibility index (Phi) is 9.20. The molecule has 282 valence electrons. The Morgan fingerprint density at radius 2 is 1.67 bits per heavy atom. The molecular weight excluding hydrogens is 676 g/mol. The predicted octanol–water partition coefficient (Wildman–Crippen LogP) is -0.443. The van der Waals surface area contributed by atoms with Crippen molar-refractivity contribution in [2.75, 3.05) is 13.4 Å². The summed E-state index contributed by atoms with van der Waals surface area (Å²) in [6.45, 7) is 5.46. The molecule has 3 saturated carbocycles. The number of aliphatic hydroxyl groups is 6. The van der Waals surface area contributed by atoms with Crippen LogP contribution in [-0.4, -0.2) is 129 Å². The highest BCUT2D eigenvalue weighted by Crippen LogP contribution is 2.69. The lowest BCUT2D eigenvalue weighted by atomic mass is 9.37. The molecule has 0 radical (unpaired) electrons. The number of Topliss-reactive ketones (excluding diaryl/α,β-unsaturated/α-hetero) is 1. The summed E-state index contributed by atoms with van der Waals surface area (Å²) in [6.07, 6.45) is -13.2. The third kappa shape index (κ3) is 5.57. The number of rotatable bonds is 6. The van der Waals surface area contributed by atoms with E-state index in [-0.39, 0.29) is 31.6 Å². The van der Waals surface area contributed by atoms with Crippen molar-refractivity contribution in [3.05, 3.63) is 23.8 Å². The average molecular weight is 723 g/mol. The van der Waals surface area contributed by atoms with E-state index in [1.807, 2.05) is 6.92 Å². The van der Waals surface area contributed by atoms with Gasteiger partial charge >= 0.3 is 11.9 Å². The molecule has 0 spiro atoms. The van der Waals surface area contributed by atoms with Crippen LogP contribution >= 0.6 is 0 Å². The highest BCUT2D eigenvalue weighted by molar-refractivity contribution is 5.92. The van der Waals surface area contributed by atoms with Crippen molar-refractivity contribution in [3.8, 4) is 11.5 Å². The summed E-state index contributed by atoms with van der Waals surface area (Å²) >= 11 is 0. The average Bonchev–Trinajstić information content (AvgIpc) is 3.56. The van der Waals surface area contributed by atoms with Crippen LogP contribution in [0.2, 0.25) is 0 Å². The highest BCUT2D eigenvalue weighted by Gasteiger charge is 2.76. The molecule has 3 aliphatic heterocycles. The quantitative estimate of drug-likeness (QED) is 0.204. The van der Waals surface area contributed by atoms with Gasteiger partial charge in [-0.2, -0.15) is 0 Å². The number of ketones is 1. The van der Waals surface area contributed by atoms with E-state index in [2.05, 4.69) is 0 Å². The lowest BCUT2D eigenvalue weighted by Crippen LogP contribution is -2.79. The first-order chi connectivity index (χ1) is 24.0. The second kappa shape index (κ2) is 12.9. The van der Waals surface area contributed by atoms with Gasteiger partial charge < -0.3 is 63.8 Å². The molecule has 0 bridgehead atoms. The fraction of sp³-hybridized carbons (Fsp3) is 0.743. The van der Waals surface area contributed by atoms with Crippen LogP contribution in [0.1, 0.15) is 63.7 Å². The van der Waals surface area contributed by atoms with Crippen molar-refractivity contribution < 1.29 is 78.2 Å². The smallest absolute Gasteiger partial charge is 0.338 e. The summed E-state index contributed by atoms with van der Waals surface area (Å²) < 4.78 is 41.2. The Balaban J connectivity index is 1.30. The predicted molar refractivity (Wildman–Crippen MR) is 168 cm³/mol. The topological polar surface area (TPSA) is 237 Å². The number of ether oxygens (including phenoxy) is 7. The van der Waals surface area contributed by atoms with E-state index >= 15 is 0 Å². The number of carbonyl (C=O) groups excluding carboxylic acids is 3. The van der Waals surface area contributed by atoms with Crippen LogP contribution in [0.25, 0.3) is 0 Å². The molecule has 3 heterocycles. The van der Waals surface area contributed by atoms with E-state index < -0.39 is 120 Å². The summed E-state index contributed by atoms with van der Waals surface area (Å²) in [5.74, 6) is -3.55. The lowest BCUT2D eigenvalue weighted by Gasteiger charge is -2.70. The summed E-state index contributed by atoms with van der Waals surface area (Å²) in [7, 11) is 0. The van der Waals surface area contributed by atoms with Crippen molar-refractivity contribution in [1.82, 2.24) is 0 Å². The molecule has 6 N–H and O–H groups in total. The zero-order valence-electron chi connectivity index (χ0n) is 28.7. The molecule has 2 saturated heterocycles. The maximum atomic E-state index is 14.2. The normalized spacial score (nSPS) is 47.2. The minimum Gasteiger partial charge on any atom is -0.455 e. The van der Waals surface area contributed by atoms with Gasteiger partial charge in [-0.1, -0.05) is 13.8 Å². The maximum absolute atomic E-state index is 14.2. The molecular formula is C35H46O16. The minimum atomic E-state index is -1.95. The van der Waals surface area contributed by atoms with E-state index in [0.29, 0.717) is 17.9 Å². The molecule has 16 nitrogen and oxygen atoms in total. The van der Waals surface area contributed by atoms with Crippen LogP contribution in [0.5, 0.6) is 11.5 Å². The second-order valence-corrected chi connectivity index (χ2v) is 15.4. The van der Waals surface area contributed by atoms with Crippen LogP contribution < -0.4 is 9.47 Å². The van der Waals surface area contributed by atoms with Gasteiger partial charge in [0.2, 0.25) is 6.79 Å². The minimum absolute atomic E-state index is 0.0255. The van der Waals surface area contributed by atoms with E-state index in [9.17, 15) is 45.0 Å². The number of fused-ring (bicyclic) bond motifs is 3. The van der Waals surface area contributed by atoms with Gasteiger partial charge in [0.05, 0.1) is 18.3 Å². The van der Waals surface area contributed by atoms with Crippen LogP contribution in [0.15, 0.2) is 18.2 Å². The van der Waals surface area contributed by atoms with Crippen LogP contribution in [0, 0.1) is 28.6 Å². The summed E-state index contributed by atoms with van der Waals surface area (Å²) in [5, 5.41) is 64.7. The van der Waals surface area contributed by atoms with Gasteiger partial charge in [0, 0.05) is 36.0 Å². The van der Waals surface area contributed by atoms with E-state index in [0.717, 1.165) is 6.92 Å². The van der Waals surface area contributed by atoms with Crippen molar-refractivity contribution in [2.24, 2.45) is 28.6 Å². The summed E-state index contributed by atoms with van der Waals surface area (Å²) in [4.78, 5) is 40.9. The molecule has 7 rings (SSSR count). The first-order valence-electron chi connectivity index (χ1n) is 17.4. The molecule has 6 aliphatic rings. The van der Waals surface area contributed by atoms with Gasteiger partial charge in [0.1, 0.15) is 42.2 Å². The van der Waals surface area contributed by atoms with E-state index in [1.54, 1.807) is 13.0 Å². The number of carbonyl (C=O) groups is 3. The molecule has 16 unspecified atom stereocenters. The van der Waals surface area contributed by atoms with Gasteiger partial charge in [-0.15, -0.1) is 0 Å². The fourth-order valence-corrected chi connectivity index (χ4v) is 10.2. The van der Waals surface area contributed by atoms with Crippen molar-refractivity contribution in [1.29, 1.82) is 0 Å². The Hall–Kier alpha value is -2.93. The van der Waals surface area contributed by atoms with Crippen molar-refractivity contribution in [2.45, 2.75) is 120 Å². The van der Waals surface area contributed by atoms with Crippen LogP contribution in [0.3, 0.4) is 0 Å². The lowest BCUT2D eigenvalue weighted by molar-refractivity contribution is -0.391. The first-order valence-corrected chi connectivity index (χ1v) is 17.4. The zero-order chi connectivity index (χ0) is 36.8. The number of benzene rings is 1. The summed E-state index contributed by atoms with van der Waals surface area (Å²) in [5.41, 5.74) is -4.36. The Bertz CT molecular complexity index is 1550. The van der Waals surface area contributed by atoms with E-state index in [4.69, 9.17) is 33.2 Å². The molecule has 0 amide bonds. The van der Waals surface area contributed by atoms with Crippen molar-refractivity contribution >= 4 is 17.7 Å². The molecule has 0 aromatic heterocycles. The number of hydrogen-bond donors (Lipinski definition) is 6.